The van der Waals surface area contributed by atoms with Gasteiger partial charge in [-0.05, 0) is 80.0 Å². The molecule has 2 N–H and O–H groups in total. The van der Waals surface area contributed by atoms with Gasteiger partial charge in [0, 0.05) is 23.9 Å². The summed E-state index contributed by atoms with van der Waals surface area (Å²) in [5.74, 6) is 3.03. The number of hydrogen-bond acceptors (Lipinski definition) is 4. The average Bonchev–Trinajstić information content (AvgIpc) is 2.65. The van der Waals surface area contributed by atoms with Gasteiger partial charge in [-0.15, -0.1) is 0 Å². The summed E-state index contributed by atoms with van der Waals surface area (Å²) in [4.78, 5) is 17.3. The van der Waals surface area contributed by atoms with Gasteiger partial charge in [0.2, 0.25) is 0 Å². The highest BCUT2D eigenvalue weighted by Crippen LogP contribution is 2.59. The van der Waals surface area contributed by atoms with Crippen molar-refractivity contribution in [3.05, 3.63) is 53.2 Å². The van der Waals surface area contributed by atoms with Crippen LogP contribution in [0, 0.1) is 23.7 Å². The maximum Gasteiger partial charge on any atom is 0.163 e. The van der Waals surface area contributed by atoms with Gasteiger partial charge < -0.3 is 10.4 Å². The maximum atomic E-state index is 13.0. The normalized spacial score (nSPS) is 33.1. The molecule has 0 amide bonds. The van der Waals surface area contributed by atoms with Crippen molar-refractivity contribution in [1.82, 2.24) is 4.98 Å². The second-order valence-electron chi connectivity index (χ2n) is 9.05. The van der Waals surface area contributed by atoms with E-state index in [9.17, 15) is 9.90 Å². The molecular formula is C23H25ClN2O2. The topological polar surface area (TPSA) is 62.2 Å². The first kappa shape index (κ1) is 18.1. The maximum absolute atomic E-state index is 13.0. The summed E-state index contributed by atoms with van der Waals surface area (Å²) < 4.78 is 0. The van der Waals surface area contributed by atoms with Crippen molar-refractivity contribution in [3.63, 3.8) is 0 Å². The molecule has 4 aliphatic rings. The van der Waals surface area contributed by atoms with E-state index in [1.54, 1.807) is 12.3 Å². The first-order valence-electron chi connectivity index (χ1n) is 10.2. The SMILES string of the molecule is O=C(CC1C2CC3CC1CC(O)(C3)C2)c1cccc(Nc2ccc(Cl)cn2)c1. The summed E-state index contributed by atoms with van der Waals surface area (Å²) >= 11 is 5.88. The van der Waals surface area contributed by atoms with Crippen LogP contribution in [0.1, 0.15) is 48.9 Å². The number of rotatable bonds is 5. The van der Waals surface area contributed by atoms with Gasteiger partial charge >= 0.3 is 0 Å². The molecule has 146 valence electrons. The number of hydrogen-bond donors (Lipinski definition) is 2. The van der Waals surface area contributed by atoms with Crippen LogP contribution in [0.15, 0.2) is 42.6 Å². The minimum absolute atomic E-state index is 0.206. The van der Waals surface area contributed by atoms with E-state index in [-0.39, 0.29) is 5.78 Å². The average molecular weight is 397 g/mol. The predicted octanol–water partition coefficient (Wildman–Crippen LogP) is 5.24. The molecule has 2 atom stereocenters. The Bertz CT molecular complexity index is 882. The zero-order chi connectivity index (χ0) is 19.3. The van der Waals surface area contributed by atoms with E-state index in [0.29, 0.717) is 40.9 Å². The Morgan fingerprint density at radius 3 is 2.64 bits per heavy atom. The molecule has 4 bridgehead atoms. The van der Waals surface area contributed by atoms with Gasteiger partial charge in [0.15, 0.2) is 5.78 Å². The lowest BCUT2D eigenvalue weighted by Gasteiger charge is -2.58. The summed E-state index contributed by atoms with van der Waals surface area (Å²) in [7, 11) is 0. The van der Waals surface area contributed by atoms with Crippen molar-refractivity contribution in [1.29, 1.82) is 0 Å². The highest BCUT2D eigenvalue weighted by Gasteiger charge is 2.54. The lowest BCUT2D eigenvalue weighted by atomic mass is 9.49. The molecule has 4 fully saturated rings. The van der Waals surface area contributed by atoms with Crippen LogP contribution >= 0.6 is 11.6 Å². The zero-order valence-electron chi connectivity index (χ0n) is 15.8. The van der Waals surface area contributed by atoms with Gasteiger partial charge in [-0.3, -0.25) is 4.79 Å². The first-order chi connectivity index (χ1) is 13.5. The fourth-order valence-corrected chi connectivity index (χ4v) is 6.23. The van der Waals surface area contributed by atoms with Gasteiger partial charge in [-0.25, -0.2) is 4.98 Å². The second-order valence-corrected chi connectivity index (χ2v) is 9.49. The molecule has 4 aliphatic carbocycles. The van der Waals surface area contributed by atoms with Crippen LogP contribution in [0.2, 0.25) is 5.02 Å². The van der Waals surface area contributed by atoms with Crippen LogP contribution in [0.3, 0.4) is 0 Å². The number of pyridine rings is 1. The number of Topliss-reactive ketones (excluding diaryl/α,β-unsaturated/α-hetero) is 1. The van der Waals surface area contributed by atoms with Gasteiger partial charge in [0.05, 0.1) is 10.6 Å². The first-order valence-corrected chi connectivity index (χ1v) is 10.6. The van der Waals surface area contributed by atoms with E-state index in [1.165, 1.54) is 12.8 Å². The number of nitrogens with zero attached hydrogens (tertiary/aromatic N) is 1. The predicted molar refractivity (Wildman–Crippen MR) is 110 cm³/mol. The smallest absolute Gasteiger partial charge is 0.163 e. The van der Waals surface area contributed by atoms with Crippen LogP contribution in [-0.2, 0) is 0 Å². The number of carbonyl (C=O) groups is 1. The van der Waals surface area contributed by atoms with Gasteiger partial charge in [-0.2, -0.15) is 0 Å². The molecular weight excluding hydrogens is 372 g/mol. The summed E-state index contributed by atoms with van der Waals surface area (Å²) in [6.07, 6.45) is 7.35. The summed E-state index contributed by atoms with van der Waals surface area (Å²) in [6.45, 7) is 0. The van der Waals surface area contributed by atoms with E-state index >= 15 is 0 Å². The number of anilines is 2. The molecule has 4 saturated carbocycles. The Labute approximate surface area is 170 Å². The van der Waals surface area contributed by atoms with Crippen molar-refractivity contribution in [3.8, 4) is 0 Å². The van der Waals surface area contributed by atoms with Crippen molar-refractivity contribution < 1.29 is 9.90 Å². The molecule has 0 aliphatic heterocycles. The lowest BCUT2D eigenvalue weighted by molar-refractivity contribution is -0.151. The summed E-state index contributed by atoms with van der Waals surface area (Å²) in [6, 6.07) is 11.2. The molecule has 28 heavy (non-hydrogen) atoms. The Balaban J connectivity index is 1.29. The van der Waals surface area contributed by atoms with Crippen molar-refractivity contribution in [2.45, 2.75) is 44.1 Å². The number of benzene rings is 1. The minimum Gasteiger partial charge on any atom is -0.390 e. The molecule has 6 rings (SSSR count). The number of nitrogens with one attached hydrogen (secondary N) is 1. The standard InChI is InChI=1S/C23H25ClN2O2/c24-18-4-5-22(25-13-18)26-19-3-1-2-15(8-19)21(27)9-20-16-6-14-7-17(20)12-23(28,10-14)11-16/h1-5,8,13-14,16-17,20,28H,6-7,9-12H2,(H,25,26). The van der Waals surface area contributed by atoms with Crippen molar-refractivity contribution >= 4 is 28.9 Å². The number of ketones is 1. The molecule has 4 nitrogen and oxygen atoms in total. The fourth-order valence-electron chi connectivity index (χ4n) is 6.12. The highest BCUT2D eigenvalue weighted by molar-refractivity contribution is 6.30. The van der Waals surface area contributed by atoms with Crippen LogP contribution in [-0.4, -0.2) is 21.5 Å². The molecule has 2 aromatic rings. The summed E-state index contributed by atoms with van der Waals surface area (Å²) in [5.41, 5.74) is 1.15. The zero-order valence-corrected chi connectivity index (χ0v) is 16.5. The Morgan fingerprint density at radius 2 is 1.96 bits per heavy atom. The quantitative estimate of drug-likeness (QED) is 0.678. The number of carbonyl (C=O) groups excluding carboxylic acids is 1. The van der Waals surface area contributed by atoms with Gasteiger partial charge in [0.1, 0.15) is 5.82 Å². The minimum atomic E-state index is -0.439. The molecule has 0 radical (unpaired) electrons. The van der Waals surface area contributed by atoms with Crippen molar-refractivity contribution in [2.24, 2.45) is 23.7 Å². The second kappa shape index (κ2) is 6.85. The molecule has 2 unspecified atom stereocenters. The van der Waals surface area contributed by atoms with E-state index in [4.69, 9.17) is 11.6 Å². The molecule has 0 spiro atoms. The van der Waals surface area contributed by atoms with E-state index in [2.05, 4.69) is 10.3 Å². The van der Waals surface area contributed by atoms with Crippen molar-refractivity contribution in [2.75, 3.05) is 5.32 Å². The monoisotopic (exact) mass is 396 g/mol. The third kappa shape index (κ3) is 3.44. The van der Waals surface area contributed by atoms with E-state index in [0.717, 1.165) is 30.5 Å². The van der Waals surface area contributed by atoms with Gasteiger partial charge in [0.25, 0.3) is 0 Å². The fraction of sp³-hybridized carbons (Fsp3) is 0.478. The lowest BCUT2D eigenvalue weighted by Crippen LogP contribution is -2.54. The number of aromatic nitrogens is 1. The number of halogens is 1. The van der Waals surface area contributed by atoms with Gasteiger partial charge in [-0.1, -0.05) is 23.7 Å². The molecule has 0 saturated heterocycles. The Kier molecular flexibility index (Phi) is 4.44. The third-order valence-electron chi connectivity index (χ3n) is 7.04. The van der Waals surface area contributed by atoms with Crippen LogP contribution < -0.4 is 5.32 Å². The van der Waals surface area contributed by atoms with Crippen LogP contribution in [0.25, 0.3) is 0 Å². The molecule has 1 heterocycles. The van der Waals surface area contributed by atoms with Crippen LogP contribution in [0.4, 0.5) is 11.5 Å². The molecule has 5 heteroatoms. The van der Waals surface area contributed by atoms with Crippen LogP contribution in [0.5, 0.6) is 0 Å². The summed E-state index contributed by atoms with van der Waals surface area (Å²) in [5, 5.41) is 14.6. The third-order valence-corrected chi connectivity index (χ3v) is 7.27. The van der Waals surface area contributed by atoms with E-state index < -0.39 is 5.60 Å². The number of aliphatic hydroxyl groups is 1. The van der Waals surface area contributed by atoms with E-state index in [1.807, 2.05) is 30.3 Å². The molecule has 1 aromatic heterocycles. The molecule has 1 aromatic carbocycles. The Morgan fingerprint density at radius 1 is 1.18 bits per heavy atom. The Hall–Kier alpha value is -1.91. The largest absolute Gasteiger partial charge is 0.390 e. The highest BCUT2D eigenvalue weighted by atomic mass is 35.5.